The molecule has 1 saturated carbocycles. The normalized spacial score (nSPS) is 15.8. The van der Waals surface area contributed by atoms with Crippen LogP contribution in [0.25, 0.3) is 0 Å². The highest BCUT2D eigenvalue weighted by Gasteiger charge is 2.29. The second kappa shape index (κ2) is 5.14. The van der Waals surface area contributed by atoms with Crippen molar-refractivity contribution in [3.05, 3.63) is 23.9 Å². The SMILES string of the molecule is CN(CC(F)(F)F)c1cc(CNC2CC2)ccn1. The fourth-order valence-corrected chi connectivity index (χ4v) is 1.68. The number of rotatable bonds is 5. The lowest BCUT2D eigenvalue weighted by Crippen LogP contribution is -2.31. The predicted molar refractivity (Wildman–Crippen MR) is 63.4 cm³/mol. The van der Waals surface area contributed by atoms with E-state index in [4.69, 9.17) is 0 Å². The number of aromatic nitrogens is 1. The molecule has 0 spiro atoms. The van der Waals surface area contributed by atoms with E-state index < -0.39 is 12.7 Å². The third kappa shape index (κ3) is 4.18. The quantitative estimate of drug-likeness (QED) is 0.879. The fraction of sp³-hybridized carbons (Fsp3) is 0.583. The van der Waals surface area contributed by atoms with Gasteiger partial charge in [-0.2, -0.15) is 13.2 Å². The van der Waals surface area contributed by atoms with Gasteiger partial charge in [0, 0.05) is 25.8 Å². The first-order valence-corrected chi connectivity index (χ1v) is 5.90. The zero-order valence-corrected chi connectivity index (χ0v) is 10.2. The van der Waals surface area contributed by atoms with Crippen LogP contribution in [0.5, 0.6) is 0 Å². The summed E-state index contributed by atoms with van der Waals surface area (Å²) in [5, 5.41) is 3.32. The number of pyridine rings is 1. The molecule has 1 heterocycles. The molecule has 2 rings (SSSR count). The van der Waals surface area contributed by atoms with E-state index in [0.717, 1.165) is 10.5 Å². The Morgan fingerprint density at radius 3 is 2.78 bits per heavy atom. The smallest absolute Gasteiger partial charge is 0.351 e. The summed E-state index contributed by atoms with van der Waals surface area (Å²) in [4.78, 5) is 5.08. The van der Waals surface area contributed by atoms with Crippen LogP contribution in [-0.4, -0.2) is 30.8 Å². The van der Waals surface area contributed by atoms with Gasteiger partial charge in [-0.25, -0.2) is 4.98 Å². The monoisotopic (exact) mass is 259 g/mol. The van der Waals surface area contributed by atoms with Crippen molar-refractivity contribution in [3.63, 3.8) is 0 Å². The van der Waals surface area contributed by atoms with Gasteiger partial charge in [-0.15, -0.1) is 0 Å². The minimum Gasteiger partial charge on any atom is -0.351 e. The fourth-order valence-electron chi connectivity index (χ4n) is 1.68. The van der Waals surface area contributed by atoms with Crippen LogP contribution in [0.2, 0.25) is 0 Å². The Hall–Kier alpha value is -1.30. The summed E-state index contributed by atoms with van der Waals surface area (Å²) in [7, 11) is 1.40. The molecule has 0 saturated heterocycles. The maximum absolute atomic E-state index is 12.3. The van der Waals surface area contributed by atoms with Crippen LogP contribution in [0.3, 0.4) is 0 Å². The lowest BCUT2D eigenvalue weighted by atomic mass is 10.2. The second-order valence-electron chi connectivity index (χ2n) is 4.65. The summed E-state index contributed by atoms with van der Waals surface area (Å²) >= 11 is 0. The zero-order chi connectivity index (χ0) is 13.2. The molecule has 0 aromatic carbocycles. The van der Waals surface area contributed by atoms with Gasteiger partial charge in [0.25, 0.3) is 0 Å². The molecule has 0 bridgehead atoms. The van der Waals surface area contributed by atoms with E-state index in [9.17, 15) is 13.2 Å². The van der Waals surface area contributed by atoms with Gasteiger partial charge in [-0.1, -0.05) is 0 Å². The van der Waals surface area contributed by atoms with Crippen LogP contribution in [0.4, 0.5) is 19.0 Å². The number of hydrogen-bond donors (Lipinski definition) is 1. The third-order valence-corrected chi connectivity index (χ3v) is 2.79. The molecule has 1 fully saturated rings. The average molecular weight is 259 g/mol. The maximum atomic E-state index is 12.3. The topological polar surface area (TPSA) is 28.2 Å². The summed E-state index contributed by atoms with van der Waals surface area (Å²) in [6.45, 7) is -0.306. The van der Waals surface area contributed by atoms with Crippen molar-refractivity contribution >= 4 is 5.82 Å². The van der Waals surface area contributed by atoms with Crippen LogP contribution in [0.1, 0.15) is 18.4 Å². The Labute approximate surface area is 104 Å². The van der Waals surface area contributed by atoms with Gasteiger partial charge in [0.05, 0.1) is 0 Å². The molecule has 1 N–H and O–H groups in total. The van der Waals surface area contributed by atoms with Crippen molar-refractivity contribution in [1.29, 1.82) is 0 Å². The van der Waals surface area contributed by atoms with Crippen molar-refractivity contribution < 1.29 is 13.2 Å². The van der Waals surface area contributed by atoms with E-state index in [-0.39, 0.29) is 0 Å². The highest BCUT2D eigenvalue weighted by molar-refractivity contribution is 5.40. The van der Waals surface area contributed by atoms with Crippen molar-refractivity contribution in [1.82, 2.24) is 10.3 Å². The van der Waals surface area contributed by atoms with E-state index in [0.29, 0.717) is 18.4 Å². The summed E-state index contributed by atoms with van der Waals surface area (Å²) in [5.74, 6) is 0.349. The Balaban J connectivity index is 1.96. The maximum Gasteiger partial charge on any atom is 0.405 e. The molecule has 100 valence electrons. The summed E-state index contributed by atoms with van der Waals surface area (Å²) in [6, 6.07) is 4.09. The molecule has 6 heteroatoms. The zero-order valence-electron chi connectivity index (χ0n) is 10.2. The molecule has 0 amide bonds. The van der Waals surface area contributed by atoms with E-state index in [1.165, 1.54) is 19.9 Å². The third-order valence-electron chi connectivity index (χ3n) is 2.79. The van der Waals surface area contributed by atoms with E-state index >= 15 is 0 Å². The van der Waals surface area contributed by atoms with Crippen molar-refractivity contribution in [2.45, 2.75) is 31.6 Å². The summed E-state index contributed by atoms with van der Waals surface area (Å²) < 4.78 is 36.8. The Morgan fingerprint density at radius 2 is 2.17 bits per heavy atom. The van der Waals surface area contributed by atoms with Gasteiger partial charge in [0.1, 0.15) is 12.4 Å². The van der Waals surface area contributed by atoms with Gasteiger partial charge in [0.2, 0.25) is 0 Å². The minimum absolute atomic E-state index is 0.349. The molecule has 0 radical (unpaired) electrons. The molecule has 0 atom stereocenters. The Bertz CT molecular complexity index is 402. The molecule has 0 aliphatic heterocycles. The first kappa shape index (κ1) is 13.1. The predicted octanol–water partition coefficient (Wildman–Crippen LogP) is 2.33. The standard InChI is InChI=1S/C12H16F3N3/c1-18(8-12(13,14)15)11-6-9(4-5-16-11)7-17-10-2-3-10/h4-6,10,17H,2-3,7-8H2,1H3. The average Bonchev–Trinajstić information content (AvgIpc) is 3.08. The molecule has 18 heavy (non-hydrogen) atoms. The first-order chi connectivity index (χ1) is 8.44. The van der Waals surface area contributed by atoms with Gasteiger partial charge >= 0.3 is 6.18 Å². The molecule has 1 aliphatic carbocycles. The molecular weight excluding hydrogens is 243 g/mol. The molecular formula is C12H16F3N3. The van der Waals surface area contributed by atoms with Crippen LogP contribution < -0.4 is 10.2 Å². The van der Waals surface area contributed by atoms with Gasteiger partial charge in [0.15, 0.2) is 0 Å². The van der Waals surface area contributed by atoms with Crippen LogP contribution >= 0.6 is 0 Å². The number of anilines is 1. The van der Waals surface area contributed by atoms with E-state index in [1.807, 2.05) is 6.07 Å². The lowest BCUT2D eigenvalue weighted by molar-refractivity contribution is -0.119. The minimum atomic E-state index is -4.21. The Kier molecular flexibility index (Phi) is 3.75. The van der Waals surface area contributed by atoms with Crippen molar-refractivity contribution in [2.24, 2.45) is 0 Å². The molecule has 1 aliphatic rings. The number of nitrogens with one attached hydrogen (secondary N) is 1. The lowest BCUT2D eigenvalue weighted by Gasteiger charge is -2.20. The number of halogens is 3. The molecule has 1 aromatic heterocycles. The van der Waals surface area contributed by atoms with E-state index in [1.54, 1.807) is 12.3 Å². The van der Waals surface area contributed by atoms with Crippen molar-refractivity contribution in [3.8, 4) is 0 Å². The molecule has 3 nitrogen and oxygen atoms in total. The Morgan fingerprint density at radius 1 is 1.44 bits per heavy atom. The highest BCUT2D eigenvalue weighted by atomic mass is 19.4. The molecule has 0 unspecified atom stereocenters. The molecule has 1 aromatic rings. The van der Waals surface area contributed by atoms with E-state index in [2.05, 4.69) is 10.3 Å². The van der Waals surface area contributed by atoms with Crippen LogP contribution in [0.15, 0.2) is 18.3 Å². The second-order valence-corrected chi connectivity index (χ2v) is 4.65. The van der Waals surface area contributed by atoms with Crippen LogP contribution in [-0.2, 0) is 6.54 Å². The van der Waals surface area contributed by atoms with Crippen LogP contribution in [0, 0.1) is 0 Å². The largest absolute Gasteiger partial charge is 0.405 e. The number of hydrogen-bond acceptors (Lipinski definition) is 3. The summed E-state index contributed by atoms with van der Waals surface area (Å²) in [6.07, 6.45) is -0.289. The first-order valence-electron chi connectivity index (χ1n) is 5.90. The van der Waals surface area contributed by atoms with Gasteiger partial charge in [-0.05, 0) is 30.5 Å². The van der Waals surface area contributed by atoms with Gasteiger partial charge < -0.3 is 10.2 Å². The van der Waals surface area contributed by atoms with Crippen molar-refractivity contribution in [2.75, 3.05) is 18.5 Å². The van der Waals surface area contributed by atoms with Gasteiger partial charge in [-0.3, -0.25) is 0 Å². The highest BCUT2D eigenvalue weighted by Crippen LogP contribution is 2.21. The number of nitrogens with zero attached hydrogens (tertiary/aromatic N) is 2. The summed E-state index contributed by atoms with van der Waals surface area (Å²) in [5.41, 5.74) is 0.959. The number of alkyl halides is 3.